The zero-order valence-electron chi connectivity index (χ0n) is 15.0. The van der Waals surface area contributed by atoms with E-state index in [4.69, 9.17) is 16.3 Å². The number of nitrogens with one attached hydrogen (secondary N) is 1. The van der Waals surface area contributed by atoms with Gasteiger partial charge in [0.1, 0.15) is 5.75 Å². The normalized spacial score (nSPS) is 14.2. The fourth-order valence-corrected chi connectivity index (χ4v) is 3.31. The summed E-state index contributed by atoms with van der Waals surface area (Å²) in [7, 11) is 1.62. The minimum Gasteiger partial charge on any atom is -0.495 e. The highest BCUT2D eigenvalue weighted by atomic mass is 35.5. The van der Waals surface area contributed by atoms with Crippen molar-refractivity contribution in [2.75, 3.05) is 50.1 Å². The Kier molecular flexibility index (Phi) is 6.23. The highest BCUT2D eigenvalue weighted by Crippen LogP contribution is 2.27. The van der Waals surface area contributed by atoms with Gasteiger partial charge in [0.15, 0.2) is 0 Å². The number of rotatable bonds is 6. The Morgan fingerprint density at radius 3 is 2.54 bits per heavy atom. The molecule has 0 radical (unpaired) electrons. The summed E-state index contributed by atoms with van der Waals surface area (Å²) in [5, 5.41) is 3.88. The summed E-state index contributed by atoms with van der Waals surface area (Å²) < 4.78 is 5.31. The summed E-state index contributed by atoms with van der Waals surface area (Å²) in [5.74, 6) is 0.893. The summed E-state index contributed by atoms with van der Waals surface area (Å²) in [6.07, 6.45) is 0.445. The fourth-order valence-electron chi connectivity index (χ4n) is 3.13. The van der Waals surface area contributed by atoms with E-state index < -0.39 is 0 Å². The van der Waals surface area contributed by atoms with E-state index in [0.29, 0.717) is 18.0 Å². The maximum atomic E-state index is 12.5. The molecule has 5 nitrogen and oxygen atoms in total. The molecule has 2 aromatic carbocycles. The number of benzene rings is 2. The van der Waals surface area contributed by atoms with Gasteiger partial charge in [-0.1, -0.05) is 29.8 Å². The van der Waals surface area contributed by atoms with Gasteiger partial charge in [-0.25, -0.2) is 0 Å². The lowest BCUT2D eigenvalue weighted by molar-refractivity contribution is -0.131. The highest BCUT2D eigenvalue weighted by Gasteiger charge is 2.20. The van der Waals surface area contributed by atoms with E-state index >= 15 is 0 Å². The molecule has 1 saturated heterocycles. The van der Waals surface area contributed by atoms with Crippen LogP contribution in [0, 0.1) is 0 Å². The van der Waals surface area contributed by atoms with Crippen LogP contribution in [-0.2, 0) is 4.79 Å². The van der Waals surface area contributed by atoms with Crippen LogP contribution in [0.1, 0.15) is 6.42 Å². The fraction of sp³-hybridized carbons (Fsp3) is 0.350. The van der Waals surface area contributed by atoms with Gasteiger partial charge in [0.05, 0.1) is 12.8 Å². The van der Waals surface area contributed by atoms with Gasteiger partial charge in [-0.2, -0.15) is 0 Å². The second-order valence-corrected chi connectivity index (χ2v) is 6.66. The van der Waals surface area contributed by atoms with Crippen molar-refractivity contribution in [2.24, 2.45) is 0 Å². The molecule has 0 bridgehead atoms. The number of halogens is 1. The molecular formula is C20H24ClN3O2. The van der Waals surface area contributed by atoms with Gasteiger partial charge in [-0.3, -0.25) is 4.79 Å². The smallest absolute Gasteiger partial charge is 0.224 e. The number of methoxy groups -OCH3 is 1. The van der Waals surface area contributed by atoms with Gasteiger partial charge in [0.25, 0.3) is 0 Å². The molecule has 1 N–H and O–H groups in total. The monoisotopic (exact) mass is 373 g/mol. The molecule has 0 aliphatic carbocycles. The zero-order chi connectivity index (χ0) is 18.4. The van der Waals surface area contributed by atoms with E-state index in [2.05, 4.69) is 22.3 Å². The van der Waals surface area contributed by atoms with Crippen molar-refractivity contribution < 1.29 is 9.53 Å². The molecule has 1 heterocycles. The molecule has 1 aliphatic rings. The molecule has 138 valence electrons. The van der Waals surface area contributed by atoms with Gasteiger partial charge in [-0.05, 0) is 30.3 Å². The molecule has 3 rings (SSSR count). The standard InChI is InChI=1S/C20H24ClN3O2/c1-26-19-8-7-16(21)15-18(19)22-10-9-20(25)24-13-11-23(12-14-24)17-5-3-2-4-6-17/h2-8,15,22H,9-14H2,1H3. The van der Waals surface area contributed by atoms with Crippen molar-refractivity contribution in [3.63, 3.8) is 0 Å². The number of ether oxygens (including phenoxy) is 1. The van der Waals surface area contributed by atoms with E-state index in [1.54, 1.807) is 13.2 Å². The molecule has 2 aromatic rings. The number of nitrogens with zero attached hydrogens (tertiary/aromatic N) is 2. The highest BCUT2D eigenvalue weighted by molar-refractivity contribution is 6.30. The van der Waals surface area contributed by atoms with Crippen LogP contribution in [0.4, 0.5) is 11.4 Å². The molecule has 0 aromatic heterocycles. The topological polar surface area (TPSA) is 44.8 Å². The third-order valence-electron chi connectivity index (χ3n) is 4.57. The van der Waals surface area contributed by atoms with Crippen LogP contribution >= 0.6 is 11.6 Å². The number of amides is 1. The van der Waals surface area contributed by atoms with Crippen LogP contribution < -0.4 is 15.0 Å². The van der Waals surface area contributed by atoms with Gasteiger partial charge >= 0.3 is 0 Å². The predicted molar refractivity (Wildman–Crippen MR) is 106 cm³/mol. The summed E-state index contributed by atoms with van der Waals surface area (Å²) in [5.41, 5.74) is 2.02. The van der Waals surface area contributed by atoms with Crippen molar-refractivity contribution >= 4 is 28.9 Å². The number of hydrogen-bond acceptors (Lipinski definition) is 4. The van der Waals surface area contributed by atoms with E-state index in [9.17, 15) is 4.79 Å². The number of piperazine rings is 1. The Morgan fingerprint density at radius 2 is 1.85 bits per heavy atom. The van der Waals surface area contributed by atoms with E-state index in [-0.39, 0.29) is 5.91 Å². The Labute approximate surface area is 159 Å². The molecule has 0 atom stereocenters. The summed E-state index contributed by atoms with van der Waals surface area (Å²) in [4.78, 5) is 16.7. The van der Waals surface area contributed by atoms with Gasteiger partial charge in [-0.15, -0.1) is 0 Å². The van der Waals surface area contributed by atoms with Crippen LogP contribution in [0.3, 0.4) is 0 Å². The minimum absolute atomic E-state index is 0.172. The third kappa shape index (κ3) is 4.61. The average Bonchev–Trinajstić information content (AvgIpc) is 2.69. The van der Waals surface area contributed by atoms with Crippen LogP contribution in [0.25, 0.3) is 0 Å². The molecule has 26 heavy (non-hydrogen) atoms. The molecule has 1 aliphatic heterocycles. The first kappa shape index (κ1) is 18.4. The van der Waals surface area contributed by atoms with Crippen LogP contribution in [0.15, 0.2) is 48.5 Å². The van der Waals surface area contributed by atoms with Gasteiger partial charge < -0.3 is 19.9 Å². The number of carbonyl (C=O) groups is 1. The molecule has 0 unspecified atom stereocenters. The first-order valence-electron chi connectivity index (χ1n) is 8.82. The first-order chi connectivity index (χ1) is 12.7. The Hall–Kier alpha value is -2.40. The number of carbonyl (C=O) groups excluding carboxylic acids is 1. The molecule has 6 heteroatoms. The summed E-state index contributed by atoms with van der Waals surface area (Å²) in [6, 6.07) is 15.7. The lowest BCUT2D eigenvalue weighted by Crippen LogP contribution is -2.49. The Morgan fingerprint density at radius 1 is 1.12 bits per heavy atom. The SMILES string of the molecule is COc1ccc(Cl)cc1NCCC(=O)N1CCN(c2ccccc2)CC1. The Balaban J connectivity index is 1.46. The largest absolute Gasteiger partial charge is 0.495 e. The lowest BCUT2D eigenvalue weighted by atomic mass is 10.2. The van der Waals surface area contributed by atoms with Crippen LogP contribution in [-0.4, -0.2) is 50.6 Å². The van der Waals surface area contributed by atoms with E-state index in [1.807, 2.05) is 35.2 Å². The average molecular weight is 374 g/mol. The minimum atomic E-state index is 0.172. The number of hydrogen-bond donors (Lipinski definition) is 1. The van der Waals surface area contributed by atoms with Gasteiger partial charge in [0.2, 0.25) is 5.91 Å². The van der Waals surface area contributed by atoms with Crippen molar-refractivity contribution in [2.45, 2.75) is 6.42 Å². The maximum absolute atomic E-state index is 12.5. The number of anilines is 2. The van der Waals surface area contributed by atoms with E-state index in [0.717, 1.165) is 37.6 Å². The van der Waals surface area contributed by atoms with Crippen molar-refractivity contribution in [3.8, 4) is 5.75 Å². The molecule has 0 saturated carbocycles. The molecule has 0 spiro atoms. The second-order valence-electron chi connectivity index (χ2n) is 6.22. The van der Waals surface area contributed by atoms with Crippen molar-refractivity contribution in [3.05, 3.63) is 53.6 Å². The molecular weight excluding hydrogens is 350 g/mol. The third-order valence-corrected chi connectivity index (χ3v) is 4.80. The van der Waals surface area contributed by atoms with Crippen LogP contribution in [0.5, 0.6) is 5.75 Å². The molecule has 1 amide bonds. The summed E-state index contributed by atoms with van der Waals surface area (Å²) in [6.45, 7) is 3.80. The summed E-state index contributed by atoms with van der Waals surface area (Å²) >= 11 is 6.03. The van der Waals surface area contributed by atoms with Gasteiger partial charge in [0, 0.05) is 49.9 Å². The maximum Gasteiger partial charge on any atom is 0.224 e. The van der Waals surface area contributed by atoms with E-state index in [1.165, 1.54) is 5.69 Å². The molecule has 1 fully saturated rings. The number of para-hydroxylation sites is 1. The lowest BCUT2D eigenvalue weighted by Gasteiger charge is -2.36. The predicted octanol–water partition coefficient (Wildman–Crippen LogP) is 3.50. The zero-order valence-corrected chi connectivity index (χ0v) is 15.7. The second kappa shape index (κ2) is 8.81. The van der Waals surface area contributed by atoms with Crippen molar-refractivity contribution in [1.29, 1.82) is 0 Å². The quantitative estimate of drug-likeness (QED) is 0.841. The first-order valence-corrected chi connectivity index (χ1v) is 9.20. The van der Waals surface area contributed by atoms with Crippen molar-refractivity contribution in [1.82, 2.24) is 4.90 Å². The van der Waals surface area contributed by atoms with Crippen LogP contribution in [0.2, 0.25) is 5.02 Å². The Bertz CT molecular complexity index is 731.